The second-order valence-corrected chi connectivity index (χ2v) is 22.4. The summed E-state index contributed by atoms with van der Waals surface area (Å²) in [4.78, 5) is 2.32. The van der Waals surface area contributed by atoms with Gasteiger partial charge in [-0.1, -0.05) is 242 Å². The van der Waals surface area contributed by atoms with Crippen molar-refractivity contribution in [1.82, 2.24) is 0 Å². The smallest absolute Gasteiger partial charge is 0.0717 e. The van der Waals surface area contributed by atoms with Crippen molar-refractivity contribution in [1.29, 1.82) is 0 Å². The number of rotatable bonds is 7. The second-order valence-electron chi connectivity index (χ2n) is 22.4. The molecule has 0 atom stereocenters. The lowest BCUT2D eigenvalue weighted by Crippen LogP contribution is -2.46. The third-order valence-corrected chi connectivity index (χ3v) is 18.3. The summed E-state index contributed by atoms with van der Waals surface area (Å²) in [6.07, 6.45) is 7.24. The molecule has 12 aromatic rings. The Balaban J connectivity index is 0.945. The Morgan fingerprint density at radius 2 is 0.800 bits per heavy atom. The van der Waals surface area contributed by atoms with Crippen LogP contribution >= 0.6 is 0 Å². The lowest BCUT2D eigenvalue weighted by Gasteiger charge is -2.52. The van der Waals surface area contributed by atoms with Crippen LogP contribution in [0.15, 0.2) is 284 Å². The maximum Gasteiger partial charge on any atom is 0.0717 e. The highest BCUT2D eigenvalue weighted by atomic mass is 15.1. The number of allylic oxidation sites excluding steroid dienone is 4. The molecule has 12 aromatic carbocycles. The quantitative estimate of drug-likeness (QED) is 0.127. The van der Waals surface area contributed by atoms with Crippen molar-refractivity contribution < 1.29 is 0 Å². The highest BCUT2D eigenvalue weighted by Gasteiger charge is 2.61. The molecule has 0 radical (unpaired) electrons. The van der Waals surface area contributed by atoms with Crippen LogP contribution in [0, 0.1) is 6.92 Å². The predicted molar refractivity (Wildman–Crippen MR) is 335 cm³/mol. The van der Waals surface area contributed by atoms with E-state index in [0.717, 1.165) is 29.9 Å². The molecule has 80 heavy (non-hydrogen) atoms. The Morgan fingerprint density at radius 1 is 0.362 bits per heavy atom. The van der Waals surface area contributed by atoms with Gasteiger partial charge < -0.3 is 10.6 Å². The van der Waals surface area contributed by atoms with Crippen LogP contribution in [0.4, 0.5) is 17.1 Å². The van der Waals surface area contributed by atoms with Gasteiger partial charge in [-0.05, 0) is 183 Å². The van der Waals surface area contributed by atoms with Crippen LogP contribution in [0.3, 0.4) is 0 Å². The first-order valence-corrected chi connectivity index (χ1v) is 28.3. The van der Waals surface area contributed by atoms with Crippen molar-refractivity contribution in [3.05, 3.63) is 329 Å². The first-order chi connectivity index (χ1) is 39.5. The zero-order valence-corrected chi connectivity index (χ0v) is 44.6. The fourth-order valence-electron chi connectivity index (χ4n) is 15.0. The van der Waals surface area contributed by atoms with Crippen LogP contribution in [-0.4, -0.2) is 0 Å². The van der Waals surface area contributed by atoms with Gasteiger partial charge >= 0.3 is 0 Å². The molecule has 0 heterocycles. The van der Waals surface area contributed by atoms with Crippen LogP contribution in [0.1, 0.15) is 57.3 Å². The van der Waals surface area contributed by atoms with Crippen molar-refractivity contribution in [2.24, 2.45) is 0 Å². The summed E-state index contributed by atoms with van der Waals surface area (Å²) in [5.41, 5.74) is 34.6. The Hall–Kier alpha value is -9.76. The monoisotopic (exact) mass is 1020 g/mol. The fraction of sp³-hybridized carbons (Fsp3) is 0.0769. The van der Waals surface area contributed by atoms with E-state index in [1.165, 1.54) is 133 Å². The van der Waals surface area contributed by atoms with Crippen LogP contribution in [-0.2, 0) is 17.4 Å². The van der Waals surface area contributed by atoms with Crippen LogP contribution < -0.4 is 10.6 Å². The van der Waals surface area contributed by atoms with Gasteiger partial charge in [0, 0.05) is 12.2 Å². The van der Waals surface area contributed by atoms with E-state index in [9.17, 15) is 0 Å². The number of aryl methyl sites for hydroxylation is 1. The van der Waals surface area contributed by atoms with Gasteiger partial charge in [-0.15, -0.1) is 0 Å². The van der Waals surface area contributed by atoms with Crippen molar-refractivity contribution in [2.75, 3.05) is 10.6 Å². The summed E-state index contributed by atoms with van der Waals surface area (Å²) in [6, 6.07) is 98.1. The largest absolute Gasteiger partial charge is 0.397 e. The summed E-state index contributed by atoms with van der Waals surface area (Å²) in [7, 11) is 0. The van der Waals surface area contributed by atoms with Crippen LogP contribution in [0.25, 0.3) is 77.2 Å². The summed E-state index contributed by atoms with van der Waals surface area (Å²) >= 11 is 0. The molecule has 16 rings (SSSR count). The molecule has 0 fully saturated rings. The van der Waals surface area contributed by atoms with Gasteiger partial charge in [0.2, 0.25) is 0 Å². The molecule has 0 unspecified atom stereocenters. The predicted octanol–water partition coefficient (Wildman–Crippen LogP) is 19.5. The Kier molecular flexibility index (Phi) is 10.4. The second kappa shape index (κ2) is 17.9. The van der Waals surface area contributed by atoms with E-state index >= 15 is 0 Å². The molecule has 4 aliphatic carbocycles. The average Bonchev–Trinajstić information content (AvgIpc) is 4.20. The zero-order chi connectivity index (χ0) is 53.1. The number of fused-ring (bicyclic) bond motifs is 18. The molecule has 0 aliphatic heterocycles. The van der Waals surface area contributed by atoms with E-state index in [-0.39, 0.29) is 0 Å². The number of nitrogens with zero attached hydrogens (tertiary/aromatic N) is 1. The minimum absolute atomic E-state index is 0.499. The molecule has 2 nitrogen and oxygen atoms in total. The van der Waals surface area contributed by atoms with E-state index < -0.39 is 10.8 Å². The van der Waals surface area contributed by atoms with Gasteiger partial charge in [0.1, 0.15) is 0 Å². The molecule has 0 aromatic heterocycles. The van der Waals surface area contributed by atoms with Crippen molar-refractivity contribution in [2.45, 2.75) is 37.1 Å². The molecule has 0 saturated heterocycles. The SMILES string of the molecule is Cc1ccc(-c2c3ccccc3c(-c3ccc(CN(c4ccccc4)c4ccccc4N)cc3)c3cc(-c4ccc5c(c4)C4(C6=CCCC=C6C56c5ccccc5-c5ccccc56)c5ccccc5-c5ccccc54)ccc23)cc1. The Morgan fingerprint density at radius 3 is 1.38 bits per heavy atom. The number of hydrogen-bond acceptors (Lipinski definition) is 2. The summed E-state index contributed by atoms with van der Waals surface area (Å²) < 4.78 is 0. The molecule has 0 saturated carbocycles. The number of anilines is 3. The zero-order valence-electron chi connectivity index (χ0n) is 44.6. The number of nitrogens with two attached hydrogens (primary N) is 1. The van der Waals surface area contributed by atoms with E-state index in [0.29, 0.717) is 6.54 Å². The first-order valence-electron chi connectivity index (χ1n) is 28.3. The molecule has 0 amide bonds. The van der Waals surface area contributed by atoms with E-state index in [4.69, 9.17) is 5.73 Å². The van der Waals surface area contributed by atoms with Crippen molar-refractivity contribution in [3.63, 3.8) is 0 Å². The lowest BCUT2D eigenvalue weighted by molar-refractivity contribution is 0.604. The highest BCUT2D eigenvalue weighted by Crippen LogP contribution is 2.70. The van der Waals surface area contributed by atoms with Crippen LogP contribution in [0.2, 0.25) is 0 Å². The first kappa shape index (κ1) is 46.3. The summed E-state index contributed by atoms with van der Waals surface area (Å²) in [6.45, 7) is 2.84. The van der Waals surface area contributed by atoms with Crippen molar-refractivity contribution in [3.8, 4) is 55.6 Å². The van der Waals surface area contributed by atoms with Gasteiger partial charge in [-0.3, -0.25) is 0 Å². The lowest BCUT2D eigenvalue weighted by atomic mass is 9.49. The van der Waals surface area contributed by atoms with Gasteiger partial charge in [0.25, 0.3) is 0 Å². The van der Waals surface area contributed by atoms with Gasteiger partial charge in [0.05, 0.1) is 22.2 Å². The van der Waals surface area contributed by atoms with E-state index in [1.54, 1.807) is 0 Å². The standard InChI is InChI=1S/C78H56N2/c1-50-35-39-52(40-36-50)75-61-25-5-6-26-62(61)76(53-41-37-51(38-42-53)49-80(56-19-3-2-4-20-56)74-34-18-17-33-73(74)79)64-47-54(43-45-63(64)75)55-44-46-71-72(48-55)78(67-29-13-9-23-59(67)60-24-10-14-30-68(60)78)70-32-16-15-31-69(70)77(71)65-27-11-7-21-57(65)58-22-8-12-28-66(58)77/h2-14,17-48H,15-16,49,79H2,1H3. The molecule has 2 heteroatoms. The minimum atomic E-state index is -0.538. The molecule has 2 spiro atoms. The van der Waals surface area contributed by atoms with E-state index in [1.807, 2.05) is 12.1 Å². The molecular formula is C78H56N2. The topological polar surface area (TPSA) is 29.3 Å². The van der Waals surface area contributed by atoms with E-state index in [2.05, 4.69) is 273 Å². The molecule has 0 bridgehead atoms. The Bertz CT molecular complexity index is 4480. The summed E-state index contributed by atoms with van der Waals surface area (Å²) in [5, 5.41) is 4.94. The third kappa shape index (κ3) is 6.54. The molecule has 4 aliphatic rings. The van der Waals surface area contributed by atoms with Gasteiger partial charge in [-0.2, -0.15) is 0 Å². The number of para-hydroxylation sites is 3. The number of nitrogen functional groups attached to an aromatic ring is 1. The number of benzene rings is 12. The highest BCUT2D eigenvalue weighted by molar-refractivity contribution is 6.22. The maximum atomic E-state index is 6.68. The molecule has 2 N–H and O–H groups in total. The Labute approximate surface area is 468 Å². The van der Waals surface area contributed by atoms with Gasteiger partial charge in [-0.25, -0.2) is 0 Å². The summed E-state index contributed by atoms with van der Waals surface area (Å²) in [5.74, 6) is 0. The minimum Gasteiger partial charge on any atom is -0.397 e. The van der Waals surface area contributed by atoms with Crippen molar-refractivity contribution >= 4 is 38.6 Å². The normalized spacial score (nSPS) is 14.7. The van der Waals surface area contributed by atoms with Crippen LogP contribution in [0.5, 0.6) is 0 Å². The molecular weight excluding hydrogens is 965 g/mol. The molecule has 378 valence electrons. The number of hydrogen-bond donors (Lipinski definition) is 1. The third-order valence-electron chi connectivity index (χ3n) is 18.3. The average molecular weight is 1020 g/mol. The fourth-order valence-corrected chi connectivity index (χ4v) is 15.0. The maximum absolute atomic E-state index is 6.68. The van der Waals surface area contributed by atoms with Gasteiger partial charge in [0.15, 0.2) is 0 Å².